The molecule has 1 aliphatic carbocycles. The van der Waals surface area contributed by atoms with Crippen LogP contribution in [0.3, 0.4) is 0 Å². The predicted molar refractivity (Wildman–Crippen MR) is 100.0 cm³/mol. The molecule has 0 radical (unpaired) electrons. The molecule has 6 nitrogen and oxygen atoms in total. The number of hydrogen-bond donors (Lipinski definition) is 2. The average molecular weight is 378 g/mol. The molecule has 1 saturated heterocycles. The molecule has 0 bridgehead atoms. The standard InChI is InChI=1S/C21H30O6/c1-13(6-5-9-20(2,3)27-24)10-14-12-21(4)18(25-14)11-15-16(22)7-8-17(23)19(15)26-21/h5,9-10,14,17-18,23-24H,6-8,11-12H2,1-4H3/b9-5+,13-10+/t14-,17-,18+,21+/m0/s1. The Morgan fingerprint density at radius 2 is 2.19 bits per heavy atom. The van der Waals surface area contributed by atoms with Crippen LogP contribution in [0, 0.1) is 0 Å². The second kappa shape index (κ2) is 7.51. The lowest BCUT2D eigenvalue weighted by molar-refractivity contribution is -0.297. The summed E-state index contributed by atoms with van der Waals surface area (Å²) in [6.07, 6.45) is 7.61. The Hall–Kier alpha value is -1.47. The van der Waals surface area contributed by atoms with Crippen molar-refractivity contribution in [3.63, 3.8) is 0 Å². The van der Waals surface area contributed by atoms with Gasteiger partial charge >= 0.3 is 0 Å². The molecular weight excluding hydrogens is 348 g/mol. The van der Waals surface area contributed by atoms with Gasteiger partial charge in [-0.15, -0.1) is 0 Å². The van der Waals surface area contributed by atoms with Crippen molar-refractivity contribution in [1.29, 1.82) is 0 Å². The summed E-state index contributed by atoms with van der Waals surface area (Å²) in [7, 11) is 0. The molecule has 4 atom stereocenters. The molecule has 0 saturated carbocycles. The minimum absolute atomic E-state index is 0.0648. The normalized spacial score (nSPS) is 34.7. The molecule has 0 aromatic rings. The second-order valence-corrected chi connectivity index (χ2v) is 8.62. The Labute approximate surface area is 160 Å². The highest BCUT2D eigenvalue weighted by Gasteiger charge is 2.52. The summed E-state index contributed by atoms with van der Waals surface area (Å²) in [5.74, 6) is 0.527. The van der Waals surface area contributed by atoms with Crippen molar-refractivity contribution < 1.29 is 29.5 Å². The molecule has 0 aromatic carbocycles. The van der Waals surface area contributed by atoms with Crippen LogP contribution >= 0.6 is 0 Å². The van der Waals surface area contributed by atoms with Crippen LogP contribution in [0.1, 0.15) is 59.8 Å². The summed E-state index contributed by atoms with van der Waals surface area (Å²) in [5, 5.41) is 19.0. The quantitative estimate of drug-likeness (QED) is 0.433. The zero-order valence-corrected chi connectivity index (χ0v) is 16.5. The first-order valence-electron chi connectivity index (χ1n) is 9.60. The van der Waals surface area contributed by atoms with E-state index in [1.54, 1.807) is 13.8 Å². The van der Waals surface area contributed by atoms with Gasteiger partial charge in [0.2, 0.25) is 0 Å². The van der Waals surface area contributed by atoms with Crippen LogP contribution < -0.4 is 0 Å². The first-order chi connectivity index (χ1) is 12.6. The van der Waals surface area contributed by atoms with E-state index in [9.17, 15) is 9.90 Å². The topological polar surface area (TPSA) is 85.2 Å². The molecule has 2 aliphatic heterocycles. The number of ether oxygens (including phenoxy) is 2. The summed E-state index contributed by atoms with van der Waals surface area (Å²) in [6.45, 7) is 7.58. The first-order valence-corrected chi connectivity index (χ1v) is 9.60. The van der Waals surface area contributed by atoms with Gasteiger partial charge in [-0.1, -0.05) is 23.8 Å². The zero-order valence-electron chi connectivity index (χ0n) is 16.5. The third-order valence-electron chi connectivity index (χ3n) is 5.61. The monoisotopic (exact) mass is 378 g/mol. The molecule has 3 rings (SSSR count). The summed E-state index contributed by atoms with van der Waals surface area (Å²) < 4.78 is 12.3. The van der Waals surface area contributed by atoms with E-state index in [2.05, 4.69) is 11.0 Å². The third-order valence-corrected chi connectivity index (χ3v) is 5.61. The van der Waals surface area contributed by atoms with E-state index < -0.39 is 17.3 Å². The zero-order chi connectivity index (χ0) is 19.8. The Bertz CT molecular complexity index is 689. The molecule has 2 N–H and O–H groups in total. The number of Topliss-reactive ketones (excluding diaryl/α,β-unsaturated/α-hetero) is 1. The number of carbonyl (C=O) groups excluding carboxylic acids is 1. The molecule has 0 spiro atoms. The van der Waals surface area contributed by atoms with Crippen LogP contribution in [0.5, 0.6) is 0 Å². The van der Waals surface area contributed by atoms with Crippen LogP contribution in [-0.2, 0) is 19.2 Å². The Kier molecular flexibility index (Phi) is 5.64. The summed E-state index contributed by atoms with van der Waals surface area (Å²) in [4.78, 5) is 16.6. The van der Waals surface area contributed by atoms with E-state index in [1.807, 2.05) is 26.0 Å². The van der Waals surface area contributed by atoms with Gasteiger partial charge in [0.1, 0.15) is 29.2 Å². The minimum atomic E-state index is -0.710. The van der Waals surface area contributed by atoms with Crippen molar-refractivity contribution in [2.24, 2.45) is 0 Å². The number of hydrogen-bond acceptors (Lipinski definition) is 6. The lowest BCUT2D eigenvalue weighted by Crippen LogP contribution is -2.45. The lowest BCUT2D eigenvalue weighted by Gasteiger charge is -2.40. The summed E-state index contributed by atoms with van der Waals surface area (Å²) >= 11 is 0. The number of fused-ring (bicyclic) bond motifs is 1. The van der Waals surface area contributed by atoms with Crippen LogP contribution in [-0.4, -0.2) is 45.7 Å². The summed E-state index contributed by atoms with van der Waals surface area (Å²) in [5.41, 5.74) is 0.507. The fourth-order valence-electron chi connectivity index (χ4n) is 4.02. The Morgan fingerprint density at radius 1 is 1.44 bits per heavy atom. The van der Waals surface area contributed by atoms with Gasteiger partial charge in [-0.3, -0.25) is 10.1 Å². The third kappa shape index (κ3) is 4.35. The number of aliphatic hydroxyl groups excluding tert-OH is 1. The van der Waals surface area contributed by atoms with Gasteiger partial charge in [-0.2, -0.15) is 0 Å². The molecule has 6 heteroatoms. The molecule has 3 aliphatic rings. The highest BCUT2D eigenvalue weighted by molar-refractivity contribution is 5.97. The van der Waals surface area contributed by atoms with E-state index in [4.69, 9.17) is 14.7 Å². The SMILES string of the molecule is C/C(=C\[C@H]1C[C@@]2(C)OC3=C(C[C@H]2O1)C(=O)CC[C@@H]3O)C/C=C/C(C)(C)OO. The lowest BCUT2D eigenvalue weighted by atomic mass is 9.82. The maximum absolute atomic E-state index is 12.2. The largest absolute Gasteiger partial charge is 0.486 e. The van der Waals surface area contributed by atoms with Gasteiger partial charge in [-0.25, -0.2) is 4.89 Å². The highest BCUT2D eigenvalue weighted by Crippen LogP contribution is 2.46. The van der Waals surface area contributed by atoms with Crippen LogP contribution in [0.15, 0.2) is 35.1 Å². The van der Waals surface area contributed by atoms with Crippen molar-refractivity contribution in [1.82, 2.24) is 0 Å². The van der Waals surface area contributed by atoms with E-state index in [0.717, 1.165) is 12.0 Å². The van der Waals surface area contributed by atoms with Crippen molar-refractivity contribution in [2.45, 2.75) is 89.3 Å². The molecular formula is C21H30O6. The molecule has 1 fully saturated rings. The van der Waals surface area contributed by atoms with E-state index >= 15 is 0 Å². The molecule has 0 aromatic heterocycles. The van der Waals surface area contributed by atoms with Crippen molar-refractivity contribution >= 4 is 5.78 Å². The van der Waals surface area contributed by atoms with Crippen LogP contribution in [0.2, 0.25) is 0 Å². The second-order valence-electron chi connectivity index (χ2n) is 8.62. The van der Waals surface area contributed by atoms with Gasteiger partial charge in [-0.05, 0) is 40.5 Å². The smallest absolute Gasteiger partial charge is 0.162 e. The van der Waals surface area contributed by atoms with Gasteiger partial charge < -0.3 is 14.6 Å². The first kappa shape index (κ1) is 20.3. The van der Waals surface area contributed by atoms with Crippen molar-refractivity contribution in [3.8, 4) is 0 Å². The Balaban J connectivity index is 1.66. The average Bonchev–Trinajstić information content (AvgIpc) is 2.91. The maximum atomic E-state index is 12.2. The fourth-order valence-corrected chi connectivity index (χ4v) is 4.02. The van der Waals surface area contributed by atoms with Gasteiger partial charge in [0.05, 0.1) is 6.10 Å². The molecule has 27 heavy (non-hydrogen) atoms. The number of rotatable bonds is 5. The number of aliphatic hydroxyl groups is 1. The van der Waals surface area contributed by atoms with E-state index in [1.165, 1.54) is 0 Å². The van der Waals surface area contributed by atoms with Crippen LogP contribution in [0.25, 0.3) is 0 Å². The molecule has 150 valence electrons. The summed E-state index contributed by atoms with van der Waals surface area (Å²) in [6, 6.07) is 0. The number of carbonyl (C=O) groups is 1. The van der Waals surface area contributed by atoms with Gasteiger partial charge in [0.25, 0.3) is 0 Å². The molecule has 2 heterocycles. The van der Waals surface area contributed by atoms with Gasteiger partial charge in [0.15, 0.2) is 5.78 Å². The predicted octanol–water partition coefficient (Wildman–Crippen LogP) is 3.46. The van der Waals surface area contributed by atoms with E-state index in [-0.39, 0.29) is 18.0 Å². The van der Waals surface area contributed by atoms with Crippen molar-refractivity contribution in [3.05, 3.63) is 35.1 Å². The number of allylic oxidation sites excluding steroid dienone is 2. The molecule has 0 unspecified atom stereocenters. The minimum Gasteiger partial charge on any atom is -0.486 e. The van der Waals surface area contributed by atoms with E-state index in [0.29, 0.717) is 37.0 Å². The fraction of sp³-hybridized carbons (Fsp3) is 0.667. The van der Waals surface area contributed by atoms with Crippen molar-refractivity contribution in [2.75, 3.05) is 0 Å². The van der Waals surface area contributed by atoms with Crippen LogP contribution in [0.4, 0.5) is 0 Å². The Morgan fingerprint density at radius 3 is 2.89 bits per heavy atom. The van der Waals surface area contributed by atoms with Gasteiger partial charge in [0, 0.05) is 24.8 Å². The maximum Gasteiger partial charge on any atom is 0.162 e. The number of ketones is 1. The molecule has 0 amide bonds. The highest BCUT2D eigenvalue weighted by atomic mass is 17.1.